The zero-order valence-corrected chi connectivity index (χ0v) is 7.33. The van der Waals surface area contributed by atoms with E-state index >= 15 is 0 Å². The van der Waals surface area contributed by atoms with Crippen LogP contribution in [0.3, 0.4) is 0 Å². The fourth-order valence-electron chi connectivity index (χ4n) is 1.51. The number of aliphatic hydroxyl groups excluding tert-OH is 1. The molecule has 1 aliphatic rings. The lowest BCUT2D eigenvalue weighted by atomic mass is 9.95. The van der Waals surface area contributed by atoms with E-state index in [-0.39, 0.29) is 11.5 Å². The zero-order valence-electron chi connectivity index (χ0n) is 7.33. The van der Waals surface area contributed by atoms with Crippen LogP contribution in [0.1, 0.15) is 31.4 Å². The Morgan fingerprint density at radius 2 is 1.83 bits per heavy atom. The normalized spacial score (nSPS) is 21.8. The molecule has 1 atom stereocenters. The zero-order chi connectivity index (χ0) is 8.60. The van der Waals surface area contributed by atoms with Crippen molar-refractivity contribution in [3.8, 4) is 0 Å². The predicted octanol–water partition coefficient (Wildman–Crippen LogP) is 2.52. The van der Waals surface area contributed by atoms with E-state index in [1.165, 1.54) is 0 Å². The molecule has 1 saturated carbocycles. The summed E-state index contributed by atoms with van der Waals surface area (Å²) in [7, 11) is 0. The highest BCUT2D eigenvalue weighted by molar-refractivity contribution is 5.21. The average molecular weight is 162 g/mol. The molecule has 0 heterocycles. The summed E-state index contributed by atoms with van der Waals surface area (Å²) >= 11 is 0. The van der Waals surface area contributed by atoms with Gasteiger partial charge in [-0.3, -0.25) is 0 Å². The lowest BCUT2D eigenvalue weighted by Crippen LogP contribution is -2.09. The summed E-state index contributed by atoms with van der Waals surface area (Å²) < 4.78 is 0. The van der Waals surface area contributed by atoms with Gasteiger partial charge in [0.15, 0.2) is 0 Å². The van der Waals surface area contributed by atoms with Crippen LogP contribution in [0.2, 0.25) is 0 Å². The van der Waals surface area contributed by atoms with E-state index in [9.17, 15) is 5.11 Å². The number of hydrogen-bond acceptors (Lipinski definition) is 1. The van der Waals surface area contributed by atoms with E-state index in [0.717, 1.165) is 18.4 Å². The van der Waals surface area contributed by atoms with Crippen molar-refractivity contribution in [2.24, 2.45) is 5.41 Å². The molecule has 0 bridgehead atoms. The lowest BCUT2D eigenvalue weighted by molar-refractivity contribution is 0.104. The van der Waals surface area contributed by atoms with Crippen molar-refractivity contribution in [3.05, 3.63) is 35.9 Å². The van der Waals surface area contributed by atoms with Gasteiger partial charge in [0.05, 0.1) is 6.10 Å². The van der Waals surface area contributed by atoms with E-state index in [1.54, 1.807) is 0 Å². The third kappa shape index (κ3) is 1.25. The van der Waals surface area contributed by atoms with Gasteiger partial charge < -0.3 is 5.11 Å². The van der Waals surface area contributed by atoms with Crippen molar-refractivity contribution < 1.29 is 5.11 Å². The fourth-order valence-corrected chi connectivity index (χ4v) is 1.51. The van der Waals surface area contributed by atoms with Gasteiger partial charge in [0.1, 0.15) is 0 Å². The lowest BCUT2D eigenvalue weighted by Gasteiger charge is -2.17. The minimum absolute atomic E-state index is 0.168. The first-order valence-corrected chi connectivity index (χ1v) is 4.45. The minimum Gasteiger partial charge on any atom is -0.388 e. The maximum absolute atomic E-state index is 9.92. The average Bonchev–Trinajstić information content (AvgIpc) is 2.85. The number of aliphatic hydroxyl groups is 1. The first-order chi connectivity index (χ1) is 5.72. The Kier molecular flexibility index (Phi) is 1.69. The largest absolute Gasteiger partial charge is 0.388 e. The molecule has 64 valence electrons. The van der Waals surface area contributed by atoms with Gasteiger partial charge in [-0.05, 0) is 23.8 Å². The van der Waals surface area contributed by atoms with Crippen LogP contribution in [-0.2, 0) is 0 Å². The van der Waals surface area contributed by atoms with Crippen LogP contribution in [0.25, 0.3) is 0 Å². The molecule has 0 radical (unpaired) electrons. The van der Waals surface area contributed by atoms with E-state index in [1.807, 2.05) is 30.3 Å². The summed E-state index contributed by atoms with van der Waals surface area (Å²) in [4.78, 5) is 0. The summed E-state index contributed by atoms with van der Waals surface area (Å²) in [5.41, 5.74) is 1.22. The monoisotopic (exact) mass is 162 g/mol. The molecule has 0 amide bonds. The molecule has 0 aromatic heterocycles. The van der Waals surface area contributed by atoms with Gasteiger partial charge in [-0.15, -0.1) is 0 Å². The van der Waals surface area contributed by atoms with Crippen molar-refractivity contribution in [3.63, 3.8) is 0 Å². The topological polar surface area (TPSA) is 20.2 Å². The Morgan fingerprint density at radius 1 is 1.25 bits per heavy atom. The van der Waals surface area contributed by atoms with E-state index in [4.69, 9.17) is 0 Å². The van der Waals surface area contributed by atoms with Gasteiger partial charge in [-0.2, -0.15) is 0 Å². The third-order valence-corrected chi connectivity index (χ3v) is 2.81. The maximum Gasteiger partial charge on any atom is 0.0843 e. The molecule has 12 heavy (non-hydrogen) atoms. The standard InChI is InChI=1S/C11H14O/c1-11(7-8-11)10(12)9-5-3-2-4-6-9/h2-6,10,12H,7-8H2,1H3/t10-/m0/s1. The van der Waals surface area contributed by atoms with Crippen LogP contribution in [0.4, 0.5) is 0 Å². The van der Waals surface area contributed by atoms with E-state index in [0.29, 0.717) is 0 Å². The molecular weight excluding hydrogens is 148 g/mol. The van der Waals surface area contributed by atoms with E-state index in [2.05, 4.69) is 6.92 Å². The van der Waals surface area contributed by atoms with Crippen LogP contribution in [0.5, 0.6) is 0 Å². The summed E-state index contributed by atoms with van der Waals surface area (Å²) in [6, 6.07) is 9.92. The highest BCUT2D eigenvalue weighted by Gasteiger charge is 2.44. The summed E-state index contributed by atoms with van der Waals surface area (Å²) in [6.45, 7) is 2.14. The molecule has 1 fully saturated rings. The van der Waals surface area contributed by atoms with Crippen molar-refractivity contribution >= 4 is 0 Å². The Labute approximate surface area is 73.0 Å². The third-order valence-electron chi connectivity index (χ3n) is 2.81. The smallest absolute Gasteiger partial charge is 0.0843 e. The molecule has 2 rings (SSSR count). The van der Waals surface area contributed by atoms with Crippen molar-refractivity contribution in [1.82, 2.24) is 0 Å². The van der Waals surface area contributed by atoms with Gasteiger partial charge in [0.25, 0.3) is 0 Å². The molecule has 0 unspecified atom stereocenters. The Hall–Kier alpha value is -0.820. The van der Waals surface area contributed by atoms with Crippen LogP contribution in [0.15, 0.2) is 30.3 Å². The first kappa shape index (κ1) is 7.81. The van der Waals surface area contributed by atoms with Gasteiger partial charge in [-0.25, -0.2) is 0 Å². The summed E-state index contributed by atoms with van der Waals surface area (Å²) in [5.74, 6) is 0. The molecule has 1 aromatic carbocycles. The number of benzene rings is 1. The number of rotatable bonds is 2. The molecule has 1 heteroatoms. The highest BCUT2D eigenvalue weighted by atomic mass is 16.3. The van der Waals surface area contributed by atoms with Gasteiger partial charge in [0, 0.05) is 0 Å². The molecule has 1 nitrogen and oxygen atoms in total. The van der Waals surface area contributed by atoms with Crippen LogP contribution in [0, 0.1) is 5.41 Å². The second-order valence-corrected chi connectivity index (χ2v) is 3.97. The quantitative estimate of drug-likeness (QED) is 0.708. The van der Waals surface area contributed by atoms with Crippen LogP contribution in [-0.4, -0.2) is 5.11 Å². The second-order valence-electron chi connectivity index (χ2n) is 3.97. The molecule has 0 saturated heterocycles. The Balaban J connectivity index is 2.20. The molecular formula is C11H14O. The molecule has 1 N–H and O–H groups in total. The van der Waals surface area contributed by atoms with Crippen molar-refractivity contribution in [2.45, 2.75) is 25.9 Å². The SMILES string of the molecule is CC1([C@@H](O)c2ccccc2)CC1. The second kappa shape index (κ2) is 2.60. The van der Waals surface area contributed by atoms with Gasteiger partial charge >= 0.3 is 0 Å². The minimum atomic E-state index is -0.265. The van der Waals surface area contributed by atoms with Crippen molar-refractivity contribution in [2.75, 3.05) is 0 Å². The predicted molar refractivity (Wildman–Crippen MR) is 48.7 cm³/mol. The Bertz CT molecular complexity index is 262. The van der Waals surface area contributed by atoms with Gasteiger partial charge in [-0.1, -0.05) is 37.3 Å². The summed E-state index contributed by atoms with van der Waals surface area (Å²) in [6.07, 6.45) is 2.05. The van der Waals surface area contributed by atoms with E-state index < -0.39 is 0 Å². The first-order valence-electron chi connectivity index (χ1n) is 4.45. The highest BCUT2D eigenvalue weighted by Crippen LogP contribution is 2.54. The molecule has 1 aromatic rings. The summed E-state index contributed by atoms with van der Waals surface area (Å²) in [5, 5.41) is 9.92. The molecule has 1 aliphatic carbocycles. The van der Waals surface area contributed by atoms with Gasteiger partial charge in [0.2, 0.25) is 0 Å². The molecule has 0 aliphatic heterocycles. The molecule has 0 spiro atoms. The van der Waals surface area contributed by atoms with Crippen LogP contribution >= 0.6 is 0 Å². The maximum atomic E-state index is 9.92. The fraction of sp³-hybridized carbons (Fsp3) is 0.455. The van der Waals surface area contributed by atoms with Crippen molar-refractivity contribution in [1.29, 1.82) is 0 Å². The Morgan fingerprint density at radius 3 is 2.33 bits per heavy atom. The number of hydrogen-bond donors (Lipinski definition) is 1. The van der Waals surface area contributed by atoms with Crippen LogP contribution < -0.4 is 0 Å².